The number of carbonyl (C=O) groups excluding carboxylic acids is 4. The summed E-state index contributed by atoms with van der Waals surface area (Å²) in [6.45, 7) is 1.96. The molecular weight excluding hydrogens is 392 g/mol. The van der Waals surface area contributed by atoms with Gasteiger partial charge in [0.05, 0.1) is 11.8 Å². The van der Waals surface area contributed by atoms with E-state index in [0.29, 0.717) is 42.5 Å². The van der Waals surface area contributed by atoms with Crippen LogP contribution in [-0.4, -0.2) is 34.9 Å². The summed E-state index contributed by atoms with van der Waals surface area (Å²) in [5, 5.41) is 2.83. The zero-order valence-corrected chi connectivity index (χ0v) is 17.8. The Morgan fingerprint density at radius 2 is 1.68 bits per heavy atom. The maximum Gasteiger partial charge on any atom is 0.233 e. The molecular formula is C25H28N2O4. The molecule has 162 valence electrons. The molecule has 3 fully saturated rings. The first-order chi connectivity index (χ1) is 15.0. The molecule has 1 aromatic rings. The molecule has 1 heterocycles. The number of nitrogens with one attached hydrogen (secondary N) is 1. The fraction of sp³-hybridized carbons (Fsp3) is 0.520. The van der Waals surface area contributed by atoms with E-state index in [1.807, 2.05) is 0 Å². The van der Waals surface area contributed by atoms with Crippen molar-refractivity contribution in [1.29, 1.82) is 0 Å². The molecule has 6 heteroatoms. The molecule has 31 heavy (non-hydrogen) atoms. The quantitative estimate of drug-likeness (QED) is 0.302. The summed E-state index contributed by atoms with van der Waals surface area (Å²) in [4.78, 5) is 51.0. The average Bonchev–Trinajstić information content (AvgIpc) is 3.53. The number of amides is 3. The topological polar surface area (TPSA) is 83.6 Å². The first-order valence-electron chi connectivity index (χ1n) is 11.4. The zero-order valence-electron chi connectivity index (χ0n) is 17.8. The van der Waals surface area contributed by atoms with Crippen LogP contribution in [0.15, 0.2) is 36.4 Å². The SMILES string of the molecule is CC(=O)c1cccc(NC(=O)CCCCCN2C(=O)[C@@H]3[C@H]4C=C[C@@H]([C@@H]5C[C@@H]45)[C@H]3C2=O)c1. The molecule has 6 atom stereocenters. The predicted molar refractivity (Wildman–Crippen MR) is 115 cm³/mol. The van der Waals surface area contributed by atoms with Crippen molar-refractivity contribution in [1.82, 2.24) is 4.90 Å². The van der Waals surface area contributed by atoms with Crippen molar-refractivity contribution in [2.45, 2.75) is 39.0 Å². The Morgan fingerprint density at radius 3 is 2.32 bits per heavy atom. The van der Waals surface area contributed by atoms with Gasteiger partial charge in [-0.15, -0.1) is 0 Å². The van der Waals surface area contributed by atoms with Crippen LogP contribution in [0.4, 0.5) is 5.69 Å². The third-order valence-corrected chi connectivity index (χ3v) is 7.59. The molecule has 0 spiro atoms. The fourth-order valence-corrected chi connectivity index (χ4v) is 6.01. The van der Waals surface area contributed by atoms with Crippen LogP contribution < -0.4 is 5.32 Å². The Bertz CT molecular complexity index is 947. The number of benzene rings is 1. The molecule has 3 amide bonds. The van der Waals surface area contributed by atoms with Gasteiger partial charge in [-0.05, 0) is 62.0 Å². The molecule has 0 radical (unpaired) electrons. The molecule has 1 N–H and O–H groups in total. The molecule has 1 aromatic carbocycles. The third-order valence-electron chi connectivity index (χ3n) is 7.59. The Hall–Kier alpha value is -2.76. The highest BCUT2D eigenvalue weighted by molar-refractivity contribution is 6.06. The van der Waals surface area contributed by atoms with Crippen LogP contribution in [0, 0.1) is 35.5 Å². The number of hydrogen-bond donors (Lipinski definition) is 1. The number of hydrogen-bond acceptors (Lipinski definition) is 4. The highest BCUT2D eigenvalue weighted by Gasteiger charge is 2.66. The molecule has 1 aliphatic heterocycles. The number of nitrogens with zero attached hydrogens (tertiary/aromatic N) is 1. The van der Waals surface area contributed by atoms with Crippen LogP contribution in [-0.2, 0) is 14.4 Å². The van der Waals surface area contributed by atoms with Gasteiger partial charge in [-0.3, -0.25) is 24.1 Å². The summed E-state index contributed by atoms with van der Waals surface area (Å²) in [5.41, 5.74) is 1.19. The number of imide groups is 1. The molecule has 2 bridgehead atoms. The summed E-state index contributed by atoms with van der Waals surface area (Å²) in [5.74, 6) is 1.48. The van der Waals surface area contributed by atoms with Gasteiger partial charge in [0.25, 0.3) is 0 Å². The summed E-state index contributed by atoms with van der Waals surface area (Å²) in [6.07, 6.45) is 8.13. The van der Waals surface area contributed by atoms with Crippen molar-refractivity contribution in [3.8, 4) is 0 Å². The lowest BCUT2D eigenvalue weighted by atomic mass is 9.63. The summed E-state index contributed by atoms with van der Waals surface area (Å²) in [6, 6.07) is 6.91. The van der Waals surface area contributed by atoms with E-state index in [2.05, 4.69) is 17.5 Å². The van der Waals surface area contributed by atoms with Crippen molar-refractivity contribution < 1.29 is 19.2 Å². The van der Waals surface area contributed by atoms with E-state index in [4.69, 9.17) is 0 Å². The van der Waals surface area contributed by atoms with E-state index in [-0.39, 0.29) is 47.2 Å². The Kier molecular flexibility index (Phi) is 5.03. The van der Waals surface area contributed by atoms with Gasteiger partial charge in [0.15, 0.2) is 5.78 Å². The first kappa shape index (κ1) is 20.2. The van der Waals surface area contributed by atoms with Crippen molar-refractivity contribution in [2.75, 3.05) is 11.9 Å². The van der Waals surface area contributed by atoms with Crippen LogP contribution in [0.1, 0.15) is 49.4 Å². The van der Waals surface area contributed by atoms with E-state index >= 15 is 0 Å². The first-order valence-corrected chi connectivity index (χ1v) is 11.4. The largest absolute Gasteiger partial charge is 0.326 e. The van der Waals surface area contributed by atoms with Gasteiger partial charge in [0.1, 0.15) is 0 Å². The van der Waals surface area contributed by atoms with Gasteiger partial charge in [0.2, 0.25) is 17.7 Å². The summed E-state index contributed by atoms with van der Waals surface area (Å²) >= 11 is 0. The number of allylic oxidation sites excluding steroid dienone is 2. The molecule has 5 aliphatic rings. The molecule has 6 nitrogen and oxygen atoms in total. The molecule has 6 rings (SSSR count). The van der Waals surface area contributed by atoms with Gasteiger partial charge in [-0.25, -0.2) is 0 Å². The van der Waals surface area contributed by atoms with Crippen molar-refractivity contribution >= 4 is 29.2 Å². The minimum atomic E-state index is -0.122. The van der Waals surface area contributed by atoms with Crippen LogP contribution in [0.3, 0.4) is 0 Å². The highest BCUT2D eigenvalue weighted by atomic mass is 16.2. The van der Waals surface area contributed by atoms with E-state index in [9.17, 15) is 19.2 Å². The molecule has 4 aliphatic carbocycles. The van der Waals surface area contributed by atoms with Crippen molar-refractivity contribution in [2.24, 2.45) is 35.5 Å². The molecule has 0 unspecified atom stereocenters. The van der Waals surface area contributed by atoms with Gasteiger partial charge in [-0.1, -0.05) is 30.7 Å². The lowest BCUT2D eigenvalue weighted by Crippen LogP contribution is -2.40. The minimum Gasteiger partial charge on any atom is -0.326 e. The van der Waals surface area contributed by atoms with Gasteiger partial charge < -0.3 is 5.32 Å². The van der Waals surface area contributed by atoms with E-state index in [1.54, 1.807) is 24.3 Å². The van der Waals surface area contributed by atoms with Crippen LogP contribution >= 0.6 is 0 Å². The summed E-state index contributed by atoms with van der Waals surface area (Å²) < 4.78 is 0. The molecule has 2 saturated carbocycles. The van der Waals surface area contributed by atoms with E-state index in [1.165, 1.54) is 18.2 Å². The van der Waals surface area contributed by atoms with Crippen LogP contribution in [0.2, 0.25) is 0 Å². The van der Waals surface area contributed by atoms with Crippen LogP contribution in [0.25, 0.3) is 0 Å². The fourth-order valence-electron chi connectivity index (χ4n) is 6.01. The lowest BCUT2D eigenvalue weighted by Gasteiger charge is -2.37. The second kappa shape index (κ2) is 7.74. The predicted octanol–water partition coefficient (Wildman–Crippen LogP) is 3.44. The number of likely N-dealkylation sites (tertiary alicyclic amines) is 1. The second-order valence-electron chi connectivity index (χ2n) is 9.48. The Morgan fingerprint density at radius 1 is 1.00 bits per heavy atom. The molecule has 0 aromatic heterocycles. The normalized spacial score (nSPS) is 32.1. The Labute approximate surface area is 182 Å². The summed E-state index contributed by atoms with van der Waals surface area (Å²) in [7, 11) is 0. The smallest absolute Gasteiger partial charge is 0.233 e. The standard InChI is InChI=1S/C25H28N2O4/c1-14(28)15-6-5-7-16(12-15)26-21(29)8-3-2-4-11-27-24(30)22-17-9-10-18(20-13-19(17)20)23(22)25(27)31/h5-7,9-10,12,17-20,22-23H,2-4,8,11,13H2,1H3,(H,26,29)/t17-,18-,19-,20-,22+,23+/m0/s1. The van der Waals surface area contributed by atoms with E-state index in [0.717, 1.165) is 12.8 Å². The van der Waals surface area contributed by atoms with Gasteiger partial charge in [0, 0.05) is 24.2 Å². The average molecular weight is 421 g/mol. The number of Topliss-reactive ketones (excluding diaryl/α,β-unsaturated/α-hetero) is 1. The van der Waals surface area contributed by atoms with Crippen molar-refractivity contribution in [3.05, 3.63) is 42.0 Å². The monoisotopic (exact) mass is 420 g/mol. The lowest BCUT2D eigenvalue weighted by molar-refractivity contribution is -0.140. The maximum absolute atomic E-state index is 12.9. The second-order valence-corrected chi connectivity index (χ2v) is 9.48. The number of carbonyl (C=O) groups is 4. The van der Waals surface area contributed by atoms with Crippen LogP contribution in [0.5, 0.6) is 0 Å². The maximum atomic E-state index is 12.9. The number of unbranched alkanes of at least 4 members (excludes halogenated alkanes) is 2. The third kappa shape index (κ3) is 3.52. The van der Waals surface area contributed by atoms with Gasteiger partial charge in [-0.2, -0.15) is 0 Å². The number of anilines is 1. The molecule has 1 saturated heterocycles. The highest BCUT2D eigenvalue weighted by Crippen LogP contribution is 2.65. The minimum absolute atomic E-state index is 0.0304. The van der Waals surface area contributed by atoms with Gasteiger partial charge >= 0.3 is 0 Å². The zero-order chi connectivity index (χ0) is 21.7. The van der Waals surface area contributed by atoms with E-state index < -0.39 is 0 Å². The number of rotatable bonds is 8. The number of ketones is 1. The Balaban J connectivity index is 1.07. The van der Waals surface area contributed by atoms with Crippen molar-refractivity contribution in [3.63, 3.8) is 0 Å².